The van der Waals surface area contributed by atoms with Crippen molar-refractivity contribution in [2.24, 2.45) is 7.05 Å². The number of nitrogens with zero attached hydrogens (tertiary/aromatic N) is 4. The molecule has 0 N–H and O–H groups in total. The van der Waals surface area contributed by atoms with Crippen LogP contribution in [-0.2, 0) is 20.1 Å². The fourth-order valence-electron chi connectivity index (χ4n) is 3.57. The molecule has 1 aliphatic heterocycles. The van der Waals surface area contributed by atoms with E-state index in [0.717, 1.165) is 28.0 Å². The number of hydrogen-bond acceptors (Lipinski definition) is 5. The number of ether oxygens (including phenoxy) is 2. The fourth-order valence-corrected chi connectivity index (χ4v) is 3.57. The molecule has 30 heavy (non-hydrogen) atoms. The van der Waals surface area contributed by atoms with Crippen LogP contribution >= 0.6 is 0 Å². The Morgan fingerprint density at radius 1 is 1.03 bits per heavy atom. The minimum Gasteiger partial charge on any atom is -0.454 e. The topological polar surface area (TPSA) is 69.5 Å². The number of benzene rings is 2. The average Bonchev–Trinajstić information content (AvgIpc) is 3.41. The predicted molar refractivity (Wildman–Crippen MR) is 111 cm³/mol. The highest BCUT2D eigenvalue weighted by Crippen LogP contribution is 2.33. The van der Waals surface area contributed by atoms with E-state index in [1.54, 1.807) is 17.3 Å². The van der Waals surface area contributed by atoms with Crippen molar-refractivity contribution in [2.75, 3.05) is 6.79 Å². The van der Waals surface area contributed by atoms with Crippen LogP contribution in [-0.4, -0.2) is 32.1 Å². The summed E-state index contributed by atoms with van der Waals surface area (Å²) in [6, 6.07) is 15.2. The molecular formula is C23H20N4O3. The first-order valence-corrected chi connectivity index (χ1v) is 9.66. The first kappa shape index (κ1) is 18.2. The third-order valence-electron chi connectivity index (χ3n) is 5.20. The minimum atomic E-state index is -0.0681. The Kier molecular flexibility index (Phi) is 4.55. The molecule has 0 unspecified atom stereocenters. The first-order valence-electron chi connectivity index (χ1n) is 9.66. The second-order valence-electron chi connectivity index (χ2n) is 7.21. The molecule has 1 aliphatic rings. The van der Waals surface area contributed by atoms with Crippen molar-refractivity contribution in [3.63, 3.8) is 0 Å². The van der Waals surface area contributed by atoms with E-state index in [1.165, 1.54) is 0 Å². The highest BCUT2D eigenvalue weighted by molar-refractivity contribution is 5.97. The van der Waals surface area contributed by atoms with Crippen LogP contribution < -0.4 is 9.47 Å². The maximum absolute atomic E-state index is 13.5. The van der Waals surface area contributed by atoms with Gasteiger partial charge in [0.25, 0.3) is 5.91 Å². The van der Waals surface area contributed by atoms with Crippen molar-refractivity contribution in [3.8, 4) is 11.5 Å². The molecule has 2 aromatic heterocycles. The molecule has 150 valence electrons. The van der Waals surface area contributed by atoms with Crippen molar-refractivity contribution >= 4 is 16.8 Å². The van der Waals surface area contributed by atoms with Gasteiger partial charge in [-0.3, -0.25) is 9.78 Å². The maximum Gasteiger partial charge on any atom is 0.254 e. The van der Waals surface area contributed by atoms with Crippen LogP contribution in [0.25, 0.3) is 10.9 Å². The summed E-state index contributed by atoms with van der Waals surface area (Å²) in [6.07, 6.45) is 5.36. The van der Waals surface area contributed by atoms with Gasteiger partial charge in [0.05, 0.1) is 12.1 Å². The zero-order valence-corrected chi connectivity index (χ0v) is 16.5. The zero-order valence-electron chi connectivity index (χ0n) is 16.5. The highest BCUT2D eigenvalue weighted by atomic mass is 16.7. The fraction of sp³-hybridized carbons (Fsp3) is 0.174. The Hall–Kier alpha value is -3.87. The third kappa shape index (κ3) is 3.45. The normalized spacial score (nSPS) is 12.3. The summed E-state index contributed by atoms with van der Waals surface area (Å²) in [6.45, 7) is 1.04. The standard InChI is InChI=1S/C23H20N4O3/c1-26-10-9-25-22(26)14-27(13-16-4-7-20-21(11-16)30-15-29-20)23(28)18-5-6-19-17(12-18)3-2-8-24-19/h2-12H,13-15H2,1H3. The number of amides is 1. The van der Waals surface area contributed by atoms with Gasteiger partial charge in [-0.2, -0.15) is 0 Å². The minimum absolute atomic E-state index is 0.0681. The van der Waals surface area contributed by atoms with Crippen LogP contribution in [0.5, 0.6) is 11.5 Å². The van der Waals surface area contributed by atoms with Crippen LogP contribution in [0.1, 0.15) is 21.7 Å². The zero-order chi connectivity index (χ0) is 20.5. The van der Waals surface area contributed by atoms with Gasteiger partial charge in [-0.25, -0.2) is 4.98 Å². The number of aromatic nitrogens is 3. The predicted octanol–water partition coefficient (Wildman–Crippen LogP) is 3.54. The van der Waals surface area contributed by atoms with Crippen molar-refractivity contribution in [1.82, 2.24) is 19.4 Å². The monoisotopic (exact) mass is 400 g/mol. The van der Waals surface area contributed by atoms with Gasteiger partial charge in [-0.1, -0.05) is 12.1 Å². The number of carbonyl (C=O) groups is 1. The Balaban J connectivity index is 1.47. The first-order chi connectivity index (χ1) is 14.7. The molecular weight excluding hydrogens is 380 g/mol. The molecule has 3 heterocycles. The van der Waals surface area contributed by atoms with Crippen molar-refractivity contribution < 1.29 is 14.3 Å². The van der Waals surface area contributed by atoms with Crippen molar-refractivity contribution in [2.45, 2.75) is 13.1 Å². The van der Waals surface area contributed by atoms with Gasteiger partial charge >= 0.3 is 0 Å². The molecule has 2 aromatic carbocycles. The van der Waals surface area contributed by atoms with E-state index in [0.29, 0.717) is 24.4 Å². The number of aryl methyl sites for hydroxylation is 1. The van der Waals surface area contributed by atoms with E-state index >= 15 is 0 Å². The molecule has 0 atom stereocenters. The van der Waals surface area contributed by atoms with Gasteiger partial charge in [-0.15, -0.1) is 0 Å². The summed E-state index contributed by atoms with van der Waals surface area (Å²) >= 11 is 0. The second kappa shape index (κ2) is 7.51. The lowest BCUT2D eigenvalue weighted by atomic mass is 10.1. The number of imidazole rings is 1. The number of fused-ring (bicyclic) bond motifs is 2. The third-order valence-corrected chi connectivity index (χ3v) is 5.20. The summed E-state index contributed by atoms with van der Waals surface area (Å²) in [5.74, 6) is 2.17. The molecule has 1 amide bonds. The van der Waals surface area contributed by atoms with Crippen molar-refractivity contribution in [3.05, 3.63) is 84.1 Å². The SMILES string of the molecule is Cn1ccnc1CN(Cc1ccc2c(c1)OCO2)C(=O)c1ccc2ncccc2c1. The summed E-state index contributed by atoms with van der Waals surface area (Å²) in [7, 11) is 1.92. The second-order valence-corrected chi connectivity index (χ2v) is 7.21. The number of pyridine rings is 1. The maximum atomic E-state index is 13.5. The van der Waals surface area contributed by atoms with E-state index in [9.17, 15) is 4.79 Å². The molecule has 0 saturated carbocycles. The Bertz CT molecular complexity index is 1230. The lowest BCUT2D eigenvalue weighted by Gasteiger charge is -2.23. The molecule has 0 fully saturated rings. The summed E-state index contributed by atoms with van der Waals surface area (Å²) in [4.78, 5) is 24.0. The van der Waals surface area contributed by atoms with E-state index in [4.69, 9.17) is 9.47 Å². The Morgan fingerprint density at radius 2 is 1.93 bits per heavy atom. The van der Waals surface area contributed by atoms with E-state index in [1.807, 2.05) is 66.3 Å². The van der Waals surface area contributed by atoms with Gasteiger partial charge in [0.1, 0.15) is 5.82 Å². The van der Waals surface area contributed by atoms with E-state index in [2.05, 4.69) is 9.97 Å². The van der Waals surface area contributed by atoms with Crippen molar-refractivity contribution in [1.29, 1.82) is 0 Å². The van der Waals surface area contributed by atoms with Crippen LogP contribution in [0, 0.1) is 0 Å². The van der Waals surface area contributed by atoms with Gasteiger partial charge < -0.3 is 18.9 Å². The van der Waals surface area contributed by atoms with Crippen LogP contribution in [0.4, 0.5) is 0 Å². The molecule has 0 bridgehead atoms. The van der Waals surface area contributed by atoms with Crippen LogP contribution in [0.2, 0.25) is 0 Å². The van der Waals surface area contributed by atoms with Gasteiger partial charge in [0.15, 0.2) is 11.5 Å². The quantitative estimate of drug-likeness (QED) is 0.513. The molecule has 0 aliphatic carbocycles. The van der Waals surface area contributed by atoms with Gasteiger partial charge in [0, 0.05) is 43.1 Å². The van der Waals surface area contributed by atoms with E-state index in [-0.39, 0.29) is 12.7 Å². The molecule has 7 heteroatoms. The molecule has 4 aromatic rings. The average molecular weight is 400 g/mol. The largest absolute Gasteiger partial charge is 0.454 e. The Labute approximate surface area is 173 Å². The molecule has 5 rings (SSSR count). The van der Waals surface area contributed by atoms with Gasteiger partial charge in [0.2, 0.25) is 6.79 Å². The summed E-state index contributed by atoms with van der Waals surface area (Å²) in [5.41, 5.74) is 2.44. The summed E-state index contributed by atoms with van der Waals surface area (Å²) in [5, 5.41) is 0.934. The highest BCUT2D eigenvalue weighted by Gasteiger charge is 2.21. The smallest absolute Gasteiger partial charge is 0.254 e. The van der Waals surface area contributed by atoms with Crippen LogP contribution in [0.15, 0.2) is 67.1 Å². The lowest BCUT2D eigenvalue weighted by Crippen LogP contribution is -2.31. The molecule has 7 nitrogen and oxygen atoms in total. The van der Waals surface area contributed by atoms with E-state index < -0.39 is 0 Å². The summed E-state index contributed by atoms with van der Waals surface area (Å²) < 4.78 is 12.8. The van der Waals surface area contributed by atoms with Gasteiger partial charge in [-0.05, 0) is 42.0 Å². The molecule has 0 radical (unpaired) electrons. The number of carbonyl (C=O) groups excluding carboxylic acids is 1. The molecule has 0 spiro atoms. The van der Waals surface area contributed by atoms with Crippen LogP contribution in [0.3, 0.4) is 0 Å². The number of hydrogen-bond donors (Lipinski definition) is 0. The Morgan fingerprint density at radius 3 is 2.80 bits per heavy atom. The molecule has 0 saturated heterocycles. The number of rotatable bonds is 5. The lowest BCUT2D eigenvalue weighted by molar-refractivity contribution is 0.0724.